The number of aliphatic carboxylic acids is 4. The van der Waals surface area contributed by atoms with Crippen molar-refractivity contribution in [2.24, 2.45) is 0 Å². The smallest absolute Gasteiger partial charge is 0.354 e. The molecule has 0 aliphatic carbocycles. The van der Waals surface area contributed by atoms with Crippen LogP contribution in [0.25, 0.3) is 0 Å². The summed E-state index contributed by atoms with van der Waals surface area (Å²) in [6.07, 6.45) is -8.69. The molecule has 18 nitrogen and oxygen atoms in total. The van der Waals surface area contributed by atoms with E-state index < -0.39 is 79.6 Å². The summed E-state index contributed by atoms with van der Waals surface area (Å²) in [5.41, 5.74) is 0. The summed E-state index contributed by atoms with van der Waals surface area (Å²) >= 11 is 0. The maximum Gasteiger partial charge on any atom is 0.354 e. The van der Waals surface area contributed by atoms with Crippen LogP contribution in [0, 0.1) is 0 Å². The number of rotatable bonds is 20. The zero-order valence-corrected chi connectivity index (χ0v) is 22.7. The molecule has 228 valence electrons. The van der Waals surface area contributed by atoms with Crippen molar-refractivity contribution >= 4 is 41.6 Å². The first-order chi connectivity index (χ1) is 18.7. The summed E-state index contributed by atoms with van der Waals surface area (Å²) in [4.78, 5) is 87.0. The van der Waals surface area contributed by atoms with Gasteiger partial charge in [-0.3, -0.25) is 24.2 Å². The summed E-state index contributed by atoms with van der Waals surface area (Å²) < 4.78 is 20.1. The minimum Gasteiger partial charge on any atom is -0.478 e. The number of carbonyl (C=O) groups is 7. The van der Waals surface area contributed by atoms with Crippen molar-refractivity contribution in [1.29, 1.82) is 0 Å². The second-order valence-corrected chi connectivity index (χ2v) is 7.56. The van der Waals surface area contributed by atoms with Gasteiger partial charge in [0.1, 0.15) is 13.1 Å². The second-order valence-electron chi connectivity index (χ2n) is 7.56. The maximum absolute atomic E-state index is 13.2. The number of ether oxygens (including phenoxy) is 4. The molecule has 4 N–H and O–H groups in total. The van der Waals surface area contributed by atoms with E-state index in [0.717, 1.165) is 6.92 Å². The van der Waals surface area contributed by atoms with Crippen LogP contribution in [0.3, 0.4) is 0 Å². The van der Waals surface area contributed by atoms with Crippen molar-refractivity contribution in [3.05, 3.63) is 0 Å². The van der Waals surface area contributed by atoms with E-state index in [1.54, 1.807) is 0 Å². The Kier molecular flexibility index (Phi) is 16.0. The molecule has 4 unspecified atom stereocenters. The third kappa shape index (κ3) is 10.4. The summed E-state index contributed by atoms with van der Waals surface area (Å²) in [6, 6.07) is 0. The molecule has 0 heterocycles. The Hall–Kier alpha value is -3.87. The average Bonchev–Trinajstić information content (AvgIpc) is 2.85. The fourth-order valence-corrected chi connectivity index (χ4v) is 3.25. The number of hydrogen-bond acceptors (Lipinski definition) is 11. The predicted octanol–water partition coefficient (Wildman–Crippen LogP) is -1.72. The zero-order valence-electron chi connectivity index (χ0n) is 22.7. The Morgan fingerprint density at radius 1 is 0.525 bits per heavy atom. The highest BCUT2D eigenvalue weighted by atomic mass is 16.6. The summed E-state index contributed by atoms with van der Waals surface area (Å²) in [5, 5.41) is 38.3. The van der Waals surface area contributed by atoms with E-state index in [9.17, 15) is 54.0 Å². The number of carboxylic acids is 4. The first kappa shape index (κ1) is 36.1. The number of hydrogen-bond donors (Lipinski definition) is 4. The Bertz CT molecular complexity index is 813. The Morgan fingerprint density at radius 3 is 0.900 bits per heavy atom. The van der Waals surface area contributed by atoms with Crippen molar-refractivity contribution in [1.82, 2.24) is 14.7 Å². The molecule has 0 aromatic rings. The van der Waals surface area contributed by atoms with Crippen LogP contribution in [0.2, 0.25) is 0 Å². The molecule has 0 fully saturated rings. The SMILES string of the molecule is CCOC(C(=O)O)N(C(=O)CN(CC(=O)N(C(OCC)C(=O)O)C(OCC)C(=O)O)C(C)=O)C(OCC)C(=O)O. The van der Waals surface area contributed by atoms with Crippen LogP contribution in [0.4, 0.5) is 0 Å². The third-order valence-electron chi connectivity index (χ3n) is 4.83. The number of amides is 3. The second kappa shape index (κ2) is 17.7. The van der Waals surface area contributed by atoms with Gasteiger partial charge in [0.05, 0.1) is 0 Å². The molecule has 3 amide bonds. The van der Waals surface area contributed by atoms with Gasteiger partial charge < -0.3 is 44.3 Å². The normalized spacial score (nSPS) is 13.8. The first-order valence-electron chi connectivity index (χ1n) is 11.9. The lowest BCUT2D eigenvalue weighted by molar-refractivity contribution is -0.203. The van der Waals surface area contributed by atoms with Gasteiger partial charge in [-0.15, -0.1) is 0 Å². The van der Waals surface area contributed by atoms with E-state index >= 15 is 0 Å². The van der Waals surface area contributed by atoms with Gasteiger partial charge in [0.25, 0.3) is 0 Å². The molecular formula is C22H35N3O15. The molecule has 0 aliphatic heterocycles. The molecular weight excluding hydrogens is 546 g/mol. The van der Waals surface area contributed by atoms with Gasteiger partial charge in [-0.1, -0.05) is 0 Å². The maximum atomic E-state index is 13.2. The van der Waals surface area contributed by atoms with Crippen molar-refractivity contribution in [3.8, 4) is 0 Å². The number of carboxylic acid groups (broad SMARTS) is 4. The molecule has 0 aliphatic rings. The molecule has 0 aromatic carbocycles. The molecule has 4 atom stereocenters. The van der Waals surface area contributed by atoms with Gasteiger partial charge in [-0.25, -0.2) is 19.2 Å². The van der Waals surface area contributed by atoms with Gasteiger partial charge >= 0.3 is 23.9 Å². The van der Waals surface area contributed by atoms with Crippen LogP contribution in [-0.4, -0.2) is 141 Å². The summed E-state index contributed by atoms with van der Waals surface area (Å²) in [7, 11) is 0. The van der Waals surface area contributed by atoms with Crippen molar-refractivity contribution in [2.75, 3.05) is 39.5 Å². The fraction of sp³-hybridized carbons (Fsp3) is 0.682. The van der Waals surface area contributed by atoms with Crippen LogP contribution in [0.15, 0.2) is 0 Å². The van der Waals surface area contributed by atoms with Gasteiger partial charge in [0, 0.05) is 33.4 Å². The largest absolute Gasteiger partial charge is 0.478 e. The molecule has 0 rings (SSSR count). The van der Waals surface area contributed by atoms with Gasteiger partial charge in [0.2, 0.25) is 42.6 Å². The molecule has 0 radical (unpaired) electrons. The minimum absolute atomic E-state index is 0.219. The predicted molar refractivity (Wildman–Crippen MR) is 128 cm³/mol. The zero-order chi connectivity index (χ0) is 31.2. The molecule has 0 aromatic heterocycles. The number of nitrogens with zero attached hydrogens (tertiary/aromatic N) is 3. The van der Waals surface area contributed by atoms with E-state index in [1.807, 2.05) is 0 Å². The average molecular weight is 582 g/mol. The minimum atomic E-state index is -2.17. The Balaban J connectivity index is 6.52. The summed E-state index contributed by atoms with van der Waals surface area (Å²) in [6.45, 7) is 3.09. The molecule has 0 saturated heterocycles. The molecule has 18 heteroatoms. The highest BCUT2D eigenvalue weighted by Crippen LogP contribution is 2.15. The highest BCUT2D eigenvalue weighted by molar-refractivity contribution is 5.93. The van der Waals surface area contributed by atoms with Crippen molar-refractivity contribution < 1.29 is 72.9 Å². The molecule has 0 bridgehead atoms. The van der Waals surface area contributed by atoms with Crippen LogP contribution < -0.4 is 0 Å². The molecule has 0 spiro atoms. The standard InChI is InChI=1S/C22H35N3O15/c1-6-37-15(19(29)30)24(16(20(31)32)38-7-2)13(27)10-23(12(5)26)11-14(28)25(17(21(33)34)39-8-3)18(22(35)36)40-9-4/h15-18H,6-11H2,1-5H3,(H,29,30)(H,31,32)(H,33,34)(H,35,36). The van der Waals surface area contributed by atoms with Crippen LogP contribution in [0.1, 0.15) is 34.6 Å². The van der Waals surface area contributed by atoms with E-state index in [1.165, 1.54) is 27.7 Å². The molecule has 0 saturated carbocycles. The Labute approximate surface area is 228 Å². The van der Waals surface area contributed by atoms with Gasteiger partial charge in [-0.2, -0.15) is 0 Å². The van der Waals surface area contributed by atoms with Gasteiger partial charge in [-0.05, 0) is 27.7 Å². The van der Waals surface area contributed by atoms with Crippen molar-refractivity contribution in [3.63, 3.8) is 0 Å². The van der Waals surface area contributed by atoms with E-state index in [2.05, 4.69) is 0 Å². The third-order valence-corrected chi connectivity index (χ3v) is 4.83. The number of carbonyl (C=O) groups excluding carboxylic acids is 3. The lowest BCUT2D eigenvalue weighted by Crippen LogP contribution is -2.60. The fourth-order valence-electron chi connectivity index (χ4n) is 3.25. The summed E-state index contributed by atoms with van der Waals surface area (Å²) in [5.74, 6) is -10.7. The van der Waals surface area contributed by atoms with E-state index in [-0.39, 0.29) is 36.2 Å². The lowest BCUT2D eigenvalue weighted by atomic mass is 10.3. The van der Waals surface area contributed by atoms with Crippen LogP contribution >= 0.6 is 0 Å². The Morgan fingerprint density at radius 2 is 0.750 bits per heavy atom. The highest BCUT2D eigenvalue weighted by Gasteiger charge is 2.43. The van der Waals surface area contributed by atoms with Gasteiger partial charge in [0.15, 0.2) is 0 Å². The quantitative estimate of drug-likeness (QED) is 0.117. The monoisotopic (exact) mass is 581 g/mol. The first-order valence-corrected chi connectivity index (χ1v) is 11.9. The van der Waals surface area contributed by atoms with E-state index in [4.69, 9.17) is 18.9 Å². The van der Waals surface area contributed by atoms with E-state index in [0.29, 0.717) is 4.90 Å². The van der Waals surface area contributed by atoms with Crippen LogP contribution in [-0.2, 0) is 52.5 Å². The van der Waals surface area contributed by atoms with Crippen molar-refractivity contribution in [2.45, 2.75) is 59.5 Å². The molecule has 40 heavy (non-hydrogen) atoms. The van der Waals surface area contributed by atoms with Crippen LogP contribution in [0.5, 0.6) is 0 Å². The topological polar surface area (TPSA) is 247 Å². The lowest BCUT2D eigenvalue weighted by Gasteiger charge is -2.36.